The van der Waals surface area contributed by atoms with Gasteiger partial charge in [-0.05, 0) is 36.3 Å². The number of carbonyl (C=O) groups is 1. The molecule has 3 aliphatic rings. The van der Waals surface area contributed by atoms with Crippen LogP contribution >= 0.6 is 11.8 Å². The fraction of sp³-hybridized carbons (Fsp3) is 0.500. The number of hydrogen-bond acceptors (Lipinski definition) is 4. The smallest absolute Gasteiger partial charge is 0.225 e. The van der Waals surface area contributed by atoms with Gasteiger partial charge in [-0.1, -0.05) is 42.8 Å². The van der Waals surface area contributed by atoms with Crippen molar-refractivity contribution in [1.82, 2.24) is 10.2 Å². The van der Waals surface area contributed by atoms with Crippen molar-refractivity contribution in [2.75, 3.05) is 19.6 Å². The Morgan fingerprint density at radius 1 is 1.27 bits per heavy atom. The van der Waals surface area contributed by atoms with Crippen molar-refractivity contribution in [3.63, 3.8) is 0 Å². The first-order valence-corrected chi connectivity index (χ1v) is 10.3. The van der Waals surface area contributed by atoms with Crippen LogP contribution in [0.1, 0.15) is 44.1 Å². The number of fused-ring (bicyclic) bond motifs is 1. The Morgan fingerprint density at radius 2 is 2.08 bits per heavy atom. The van der Waals surface area contributed by atoms with E-state index >= 15 is 0 Å². The molecule has 0 unspecified atom stereocenters. The quantitative estimate of drug-likeness (QED) is 0.854. The first kappa shape index (κ1) is 17.6. The lowest BCUT2D eigenvalue weighted by atomic mass is 9.78. The molecule has 1 aliphatic carbocycles. The normalized spacial score (nSPS) is 21.2. The number of aliphatic imine (C=N–C) groups is 1. The van der Waals surface area contributed by atoms with Gasteiger partial charge >= 0.3 is 0 Å². The van der Waals surface area contributed by atoms with E-state index in [9.17, 15) is 9.18 Å². The Kier molecular flexibility index (Phi) is 5.02. The number of halogens is 1. The topological polar surface area (TPSA) is 44.7 Å². The molecule has 4 rings (SSSR count). The molecule has 0 saturated heterocycles. The Bertz CT molecular complexity index is 755. The van der Waals surface area contributed by atoms with Gasteiger partial charge in [0.1, 0.15) is 5.82 Å². The molecule has 2 heterocycles. The molecular formula is C20H24FN3OS. The first-order chi connectivity index (χ1) is 12.7. The van der Waals surface area contributed by atoms with E-state index in [0.717, 1.165) is 61.6 Å². The van der Waals surface area contributed by atoms with Gasteiger partial charge in [-0.3, -0.25) is 9.79 Å². The zero-order chi connectivity index (χ0) is 18.0. The zero-order valence-electron chi connectivity index (χ0n) is 14.8. The monoisotopic (exact) mass is 373 g/mol. The minimum absolute atomic E-state index is 0.00582. The van der Waals surface area contributed by atoms with E-state index in [-0.39, 0.29) is 17.1 Å². The van der Waals surface area contributed by atoms with E-state index in [0.29, 0.717) is 13.0 Å². The molecule has 1 aromatic rings. The molecule has 1 aromatic carbocycles. The van der Waals surface area contributed by atoms with Gasteiger partial charge in [0.05, 0.1) is 6.42 Å². The molecule has 1 amide bonds. The average Bonchev–Trinajstić information content (AvgIpc) is 3.29. The summed E-state index contributed by atoms with van der Waals surface area (Å²) in [7, 11) is 0. The summed E-state index contributed by atoms with van der Waals surface area (Å²) in [5, 5.41) is 6.14. The first-order valence-electron chi connectivity index (χ1n) is 9.37. The molecular weight excluding hydrogens is 349 g/mol. The maximum absolute atomic E-state index is 14.4. The number of benzene rings is 1. The van der Waals surface area contributed by atoms with E-state index in [2.05, 4.69) is 15.2 Å². The number of hydrogen-bond donors (Lipinski definition) is 1. The van der Waals surface area contributed by atoms with Crippen molar-refractivity contribution in [3.8, 4) is 0 Å². The van der Waals surface area contributed by atoms with Gasteiger partial charge in [-0.25, -0.2) is 4.39 Å². The maximum atomic E-state index is 14.4. The van der Waals surface area contributed by atoms with Gasteiger partial charge in [0, 0.05) is 30.7 Å². The minimum atomic E-state index is -0.266. The van der Waals surface area contributed by atoms with Crippen LogP contribution in [0.25, 0.3) is 0 Å². The summed E-state index contributed by atoms with van der Waals surface area (Å²) in [5.41, 5.74) is 1.51. The largest absolute Gasteiger partial charge is 0.355 e. The summed E-state index contributed by atoms with van der Waals surface area (Å²) < 4.78 is 14.4. The molecule has 0 bridgehead atoms. The summed E-state index contributed by atoms with van der Waals surface area (Å²) in [4.78, 5) is 19.2. The second kappa shape index (κ2) is 7.43. The van der Waals surface area contributed by atoms with Crippen molar-refractivity contribution in [3.05, 3.63) is 46.8 Å². The highest BCUT2D eigenvalue weighted by atomic mass is 32.2. The van der Waals surface area contributed by atoms with Gasteiger partial charge < -0.3 is 10.2 Å². The van der Waals surface area contributed by atoms with E-state index in [1.807, 2.05) is 17.5 Å². The Balaban J connectivity index is 1.41. The number of amides is 1. The van der Waals surface area contributed by atoms with Crippen LogP contribution in [0.3, 0.4) is 0 Å². The van der Waals surface area contributed by atoms with Crippen LogP contribution in [0.2, 0.25) is 0 Å². The van der Waals surface area contributed by atoms with Crippen molar-refractivity contribution in [2.45, 2.75) is 43.9 Å². The Hall–Kier alpha value is -1.82. The van der Waals surface area contributed by atoms with Crippen LogP contribution in [0.4, 0.5) is 4.39 Å². The van der Waals surface area contributed by atoms with Crippen LogP contribution in [0, 0.1) is 5.82 Å². The van der Waals surface area contributed by atoms with Gasteiger partial charge in [0.15, 0.2) is 5.17 Å². The van der Waals surface area contributed by atoms with Crippen LogP contribution in [-0.4, -0.2) is 35.6 Å². The van der Waals surface area contributed by atoms with E-state index in [1.54, 1.807) is 17.8 Å². The van der Waals surface area contributed by atoms with Gasteiger partial charge in [-0.2, -0.15) is 0 Å². The summed E-state index contributed by atoms with van der Waals surface area (Å²) in [6.07, 6.45) is 5.41. The number of nitrogens with one attached hydrogen (secondary N) is 1. The minimum Gasteiger partial charge on any atom is -0.355 e. The van der Waals surface area contributed by atoms with Crippen LogP contribution in [0.15, 0.2) is 40.4 Å². The number of amidine groups is 1. The second-order valence-electron chi connectivity index (χ2n) is 7.32. The predicted octanol–water partition coefficient (Wildman–Crippen LogP) is 3.79. The third-order valence-corrected chi connectivity index (χ3v) is 6.59. The Labute approximate surface area is 157 Å². The molecule has 0 radical (unpaired) electrons. The average molecular weight is 373 g/mol. The van der Waals surface area contributed by atoms with Gasteiger partial charge in [0.2, 0.25) is 5.91 Å². The van der Waals surface area contributed by atoms with Gasteiger partial charge in [0.25, 0.3) is 0 Å². The fourth-order valence-corrected chi connectivity index (χ4v) is 5.21. The third-order valence-electron chi connectivity index (χ3n) is 5.64. The third kappa shape index (κ3) is 3.39. The number of nitrogens with zero attached hydrogens (tertiary/aromatic N) is 2. The van der Waals surface area contributed by atoms with Crippen LogP contribution < -0.4 is 5.32 Å². The maximum Gasteiger partial charge on any atom is 0.225 e. The number of rotatable bonds is 5. The lowest BCUT2D eigenvalue weighted by Gasteiger charge is -2.31. The standard InChI is InChI=1S/C20H24FN3OS/c21-17-7-2-1-6-16(17)20(8-3-4-9-20)14-23-18(25)12-15-13-26-19-22-10-5-11-24(15)19/h1-2,6-7,13H,3-5,8-12,14H2,(H,23,25). The fourth-order valence-electron chi connectivity index (χ4n) is 4.25. The zero-order valence-corrected chi connectivity index (χ0v) is 15.7. The molecule has 1 N–H and O–H groups in total. The number of carbonyl (C=O) groups excluding carboxylic acids is 1. The molecule has 1 fully saturated rings. The summed E-state index contributed by atoms with van der Waals surface area (Å²) >= 11 is 1.60. The molecule has 6 heteroatoms. The lowest BCUT2D eigenvalue weighted by Crippen LogP contribution is -2.40. The SMILES string of the molecule is O=C(CC1=CSC2=NCCCN12)NCC1(c2ccccc2F)CCCC1. The highest BCUT2D eigenvalue weighted by Gasteiger charge is 2.38. The van der Waals surface area contributed by atoms with Gasteiger partial charge in [-0.15, -0.1) is 0 Å². The molecule has 2 aliphatic heterocycles. The Morgan fingerprint density at radius 3 is 2.88 bits per heavy atom. The molecule has 0 spiro atoms. The predicted molar refractivity (Wildman–Crippen MR) is 103 cm³/mol. The van der Waals surface area contributed by atoms with Crippen molar-refractivity contribution >= 4 is 22.8 Å². The van der Waals surface area contributed by atoms with E-state index in [1.165, 1.54) is 6.07 Å². The lowest BCUT2D eigenvalue weighted by molar-refractivity contribution is -0.120. The van der Waals surface area contributed by atoms with Crippen LogP contribution in [0.5, 0.6) is 0 Å². The second-order valence-corrected chi connectivity index (χ2v) is 8.15. The molecule has 0 aromatic heterocycles. The molecule has 26 heavy (non-hydrogen) atoms. The summed E-state index contributed by atoms with van der Waals surface area (Å²) in [6.45, 7) is 2.32. The number of thioether (sulfide) groups is 1. The molecule has 4 nitrogen and oxygen atoms in total. The highest BCUT2D eigenvalue weighted by Crippen LogP contribution is 2.41. The molecule has 0 atom stereocenters. The van der Waals surface area contributed by atoms with Crippen molar-refractivity contribution < 1.29 is 9.18 Å². The summed E-state index contributed by atoms with van der Waals surface area (Å²) in [6, 6.07) is 7.01. The van der Waals surface area contributed by atoms with Crippen molar-refractivity contribution in [1.29, 1.82) is 0 Å². The van der Waals surface area contributed by atoms with E-state index in [4.69, 9.17) is 0 Å². The van der Waals surface area contributed by atoms with E-state index < -0.39 is 0 Å². The van der Waals surface area contributed by atoms with Crippen LogP contribution in [-0.2, 0) is 10.2 Å². The highest BCUT2D eigenvalue weighted by molar-refractivity contribution is 8.16. The van der Waals surface area contributed by atoms with Crippen molar-refractivity contribution in [2.24, 2.45) is 4.99 Å². The molecule has 1 saturated carbocycles. The summed E-state index contributed by atoms with van der Waals surface area (Å²) in [5.74, 6) is -0.154. The molecule has 138 valence electrons.